The number of amides is 2. The van der Waals surface area contributed by atoms with Crippen LogP contribution < -0.4 is 10.6 Å². The van der Waals surface area contributed by atoms with Crippen LogP contribution in [0.15, 0.2) is 24.3 Å². The molecule has 3 heterocycles. The molecule has 0 saturated carbocycles. The molecule has 2 N–H and O–H groups in total. The summed E-state index contributed by atoms with van der Waals surface area (Å²) in [5.41, 5.74) is 1.84. The number of piperidine rings is 2. The number of hydrogen-bond acceptors (Lipinski definition) is 6. The zero-order chi connectivity index (χ0) is 26.5. The Bertz CT molecular complexity index is 1070. The molecule has 2 saturated heterocycles. The molecule has 1 aromatic heterocycles. The molecule has 1 aromatic carbocycles. The molecule has 0 aliphatic carbocycles. The molecule has 4 rings (SSSR count). The summed E-state index contributed by atoms with van der Waals surface area (Å²) in [4.78, 5) is 34.7. The van der Waals surface area contributed by atoms with Crippen molar-refractivity contribution < 1.29 is 14.0 Å². The molecule has 0 unspecified atom stereocenters. The minimum absolute atomic E-state index is 0.0381. The highest BCUT2D eigenvalue weighted by Gasteiger charge is 2.34. The van der Waals surface area contributed by atoms with Crippen LogP contribution in [0.4, 0.5) is 14.3 Å². The van der Waals surface area contributed by atoms with E-state index in [1.165, 1.54) is 30.2 Å². The fourth-order valence-corrected chi connectivity index (χ4v) is 6.61. The molecule has 7 nitrogen and oxygen atoms in total. The maximum atomic E-state index is 13.3. The first kappa shape index (κ1) is 27.7. The lowest BCUT2D eigenvalue weighted by Gasteiger charge is -2.44. The summed E-state index contributed by atoms with van der Waals surface area (Å²) in [5.74, 6) is 0.649. The number of Topliss-reactive ketones (excluding diaryl/α,β-unsaturated/α-hetero) is 1. The Balaban J connectivity index is 1.37. The third-order valence-corrected chi connectivity index (χ3v) is 8.86. The van der Waals surface area contributed by atoms with Crippen molar-refractivity contribution in [1.29, 1.82) is 0 Å². The maximum absolute atomic E-state index is 13.3. The Morgan fingerprint density at radius 2 is 1.92 bits per heavy atom. The molecular formula is C28H40FN5O2S. The van der Waals surface area contributed by atoms with Crippen molar-refractivity contribution in [3.05, 3.63) is 46.2 Å². The van der Waals surface area contributed by atoms with Crippen molar-refractivity contribution in [1.82, 2.24) is 20.1 Å². The topological polar surface area (TPSA) is 77.6 Å². The number of ketones is 1. The van der Waals surface area contributed by atoms with Gasteiger partial charge in [0.25, 0.3) is 0 Å². The molecule has 0 radical (unpaired) electrons. The van der Waals surface area contributed by atoms with Crippen molar-refractivity contribution in [2.24, 2.45) is 11.8 Å². The molecule has 37 heavy (non-hydrogen) atoms. The summed E-state index contributed by atoms with van der Waals surface area (Å²) in [6.07, 6.45) is 4.22. The molecule has 2 aliphatic heterocycles. The number of benzene rings is 1. The van der Waals surface area contributed by atoms with E-state index in [1.54, 1.807) is 19.1 Å². The summed E-state index contributed by atoms with van der Waals surface area (Å²) in [5, 5.41) is 6.53. The summed E-state index contributed by atoms with van der Waals surface area (Å²) in [7, 11) is 0. The Hall–Kier alpha value is -2.36. The number of carbonyl (C=O) groups is 2. The number of anilines is 1. The van der Waals surface area contributed by atoms with Crippen molar-refractivity contribution in [2.45, 2.75) is 65.5 Å². The van der Waals surface area contributed by atoms with Crippen LogP contribution in [-0.2, 0) is 6.42 Å². The standard InChI is InChI=1S/C28H40FN5O2S/c1-18(2)34-13-11-25(31-27(36)32-28-30-19(3)26(37-28)20(4)35)23(17-34)16-33-12-5-6-22(15-33)14-21-7-9-24(29)10-8-21/h7-10,18,22-23,25H,5-6,11-17H2,1-4H3,(H2,30,31,32,36)/t22-,23+,25+/m0/s1. The quantitative estimate of drug-likeness (QED) is 0.472. The molecule has 202 valence electrons. The number of likely N-dealkylation sites (tertiary alicyclic amines) is 2. The van der Waals surface area contributed by atoms with Gasteiger partial charge in [-0.1, -0.05) is 23.5 Å². The van der Waals surface area contributed by atoms with Crippen LogP contribution in [-0.4, -0.2) is 71.4 Å². The van der Waals surface area contributed by atoms with Gasteiger partial charge in [-0.15, -0.1) is 0 Å². The average Bonchev–Trinajstić information content (AvgIpc) is 3.21. The van der Waals surface area contributed by atoms with Gasteiger partial charge in [-0.3, -0.25) is 10.1 Å². The third-order valence-electron chi connectivity index (χ3n) is 7.68. The van der Waals surface area contributed by atoms with Crippen LogP contribution in [0.1, 0.15) is 61.0 Å². The van der Waals surface area contributed by atoms with Crippen LogP contribution in [0.3, 0.4) is 0 Å². The van der Waals surface area contributed by atoms with Crippen LogP contribution in [0.5, 0.6) is 0 Å². The summed E-state index contributed by atoms with van der Waals surface area (Å²) >= 11 is 1.22. The predicted molar refractivity (Wildman–Crippen MR) is 147 cm³/mol. The number of nitrogens with one attached hydrogen (secondary N) is 2. The zero-order valence-electron chi connectivity index (χ0n) is 22.4. The Morgan fingerprint density at radius 1 is 1.16 bits per heavy atom. The number of rotatable bonds is 8. The van der Waals surface area contributed by atoms with Crippen LogP contribution in [0.2, 0.25) is 0 Å². The van der Waals surface area contributed by atoms with Crippen molar-refractivity contribution in [3.63, 3.8) is 0 Å². The van der Waals surface area contributed by atoms with Gasteiger partial charge in [0.2, 0.25) is 0 Å². The molecular weight excluding hydrogens is 489 g/mol. The number of thiazole rings is 1. The fourth-order valence-electron chi connectivity index (χ4n) is 5.75. The highest BCUT2D eigenvalue weighted by Crippen LogP contribution is 2.26. The molecule has 2 aromatic rings. The van der Waals surface area contributed by atoms with Crippen LogP contribution in [0.25, 0.3) is 0 Å². The first-order valence-corrected chi connectivity index (χ1v) is 14.3. The normalized spacial score (nSPS) is 23.2. The Morgan fingerprint density at radius 3 is 2.59 bits per heavy atom. The third kappa shape index (κ3) is 7.58. The van der Waals surface area contributed by atoms with E-state index < -0.39 is 0 Å². The fraction of sp³-hybridized carbons (Fsp3) is 0.607. The molecule has 0 spiro atoms. The first-order chi connectivity index (χ1) is 17.7. The van der Waals surface area contributed by atoms with E-state index in [0.29, 0.717) is 33.6 Å². The second-order valence-electron chi connectivity index (χ2n) is 10.9. The van der Waals surface area contributed by atoms with Crippen molar-refractivity contribution in [3.8, 4) is 0 Å². The highest BCUT2D eigenvalue weighted by atomic mass is 32.1. The lowest BCUT2D eigenvalue weighted by molar-refractivity contribution is 0.0712. The van der Waals surface area contributed by atoms with Crippen LogP contribution >= 0.6 is 11.3 Å². The molecule has 2 amide bonds. The van der Waals surface area contributed by atoms with Gasteiger partial charge < -0.3 is 15.1 Å². The van der Waals surface area contributed by atoms with Gasteiger partial charge in [-0.2, -0.15) is 0 Å². The number of aryl methyl sites for hydroxylation is 1. The van der Waals surface area contributed by atoms with Gasteiger partial charge in [-0.05, 0) is 76.6 Å². The van der Waals surface area contributed by atoms with E-state index in [0.717, 1.165) is 52.0 Å². The monoisotopic (exact) mass is 529 g/mol. The minimum atomic E-state index is -0.260. The van der Waals surface area contributed by atoms with Crippen molar-refractivity contribution in [2.75, 3.05) is 38.0 Å². The van der Waals surface area contributed by atoms with Crippen molar-refractivity contribution >= 4 is 28.3 Å². The lowest BCUT2D eigenvalue weighted by Crippen LogP contribution is -2.56. The average molecular weight is 530 g/mol. The zero-order valence-corrected chi connectivity index (χ0v) is 23.2. The van der Waals surface area contributed by atoms with Crippen LogP contribution in [0, 0.1) is 24.6 Å². The molecule has 2 aliphatic rings. The lowest BCUT2D eigenvalue weighted by atomic mass is 9.87. The summed E-state index contributed by atoms with van der Waals surface area (Å²) < 4.78 is 13.3. The number of carbonyl (C=O) groups excluding carboxylic acids is 2. The molecule has 9 heteroatoms. The second kappa shape index (κ2) is 12.5. The second-order valence-corrected chi connectivity index (χ2v) is 11.9. The molecule has 0 bridgehead atoms. The number of aromatic nitrogens is 1. The molecule has 3 atom stereocenters. The highest BCUT2D eigenvalue weighted by molar-refractivity contribution is 7.17. The van der Waals surface area contributed by atoms with Gasteiger partial charge >= 0.3 is 6.03 Å². The van der Waals surface area contributed by atoms with Gasteiger partial charge in [0, 0.05) is 51.1 Å². The minimum Gasteiger partial charge on any atom is -0.335 e. The smallest absolute Gasteiger partial charge is 0.321 e. The first-order valence-electron chi connectivity index (χ1n) is 13.4. The van der Waals surface area contributed by atoms with E-state index in [9.17, 15) is 14.0 Å². The maximum Gasteiger partial charge on any atom is 0.321 e. The van der Waals surface area contributed by atoms with E-state index >= 15 is 0 Å². The Labute approximate surface area is 223 Å². The van der Waals surface area contributed by atoms with Gasteiger partial charge in [0.15, 0.2) is 10.9 Å². The van der Waals surface area contributed by atoms with Gasteiger partial charge in [-0.25, -0.2) is 14.2 Å². The summed E-state index contributed by atoms with van der Waals surface area (Å²) in [6.45, 7) is 12.7. The largest absolute Gasteiger partial charge is 0.335 e. The van der Waals surface area contributed by atoms with E-state index in [4.69, 9.17) is 0 Å². The van der Waals surface area contributed by atoms with Gasteiger partial charge in [0.1, 0.15) is 5.82 Å². The number of hydrogen-bond donors (Lipinski definition) is 2. The predicted octanol–water partition coefficient (Wildman–Crippen LogP) is 4.97. The SMILES string of the molecule is CC(=O)c1sc(NC(=O)N[C@@H]2CCN(C(C)C)C[C@H]2CN2CCC[C@@H](Cc3ccc(F)cc3)C2)nc1C. The van der Waals surface area contributed by atoms with E-state index in [-0.39, 0.29) is 23.7 Å². The Kier molecular flexibility index (Phi) is 9.31. The summed E-state index contributed by atoms with van der Waals surface area (Å²) in [6, 6.07) is 7.18. The molecule has 2 fully saturated rings. The number of halogens is 1. The number of urea groups is 1. The number of nitrogens with zero attached hydrogens (tertiary/aromatic N) is 3. The van der Waals surface area contributed by atoms with Gasteiger partial charge in [0.05, 0.1) is 10.6 Å². The van der Waals surface area contributed by atoms with E-state index in [2.05, 4.69) is 39.3 Å². The van der Waals surface area contributed by atoms with E-state index in [1.807, 2.05) is 12.1 Å².